The molecule has 0 unspecified atom stereocenters. The first-order valence-electron chi connectivity index (χ1n) is 13.3. The van der Waals surface area contributed by atoms with Gasteiger partial charge in [0.1, 0.15) is 24.1 Å². The van der Waals surface area contributed by atoms with Crippen molar-refractivity contribution in [2.45, 2.75) is 45.8 Å². The Balaban J connectivity index is 1.41. The molecule has 3 N–H and O–H groups in total. The molecule has 1 fully saturated rings. The molecule has 2 aromatic heterocycles. The van der Waals surface area contributed by atoms with Gasteiger partial charge in [-0.2, -0.15) is 0 Å². The van der Waals surface area contributed by atoms with Crippen molar-refractivity contribution in [1.29, 1.82) is 0 Å². The number of halogens is 1. The molecule has 1 saturated heterocycles. The van der Waals surface area contributed by atoms with E-state index in [4.69, 9.17) is 25.8 Å². The molecule has 2 aliphatic heterocycles. The number of hydrogen-bond donors (Lipinski definition) is 3. The maximum absolute atomic E-state index is 13.0. The number of morpholine rings is 1. The van der Waals surface area contributed by atoms with E-state index in [2.05, 4.69) is 20.6 Å². The van der Waals surface area contributed by atoms with Crippen LogP contribution in [0.15, 0.2) is 36.7 Å². The molecule has 11 heteroatoms. The fraction of sp³-hybridized carbons (Fsp3) is 0.414. The number of benzene rings is 1. The highest BCUT2D eigenvalue weighted by Gasteiger charge is 2.30. The fourth-order valence-electron chi connectivity index (χ4n) is 4.78. The van der Waals surface area contributed by atoms with Gasteiger partial charge in [0.2, 0.25) is 0 Å². The van der Waals surface area contributed by atoms with E-state index in [1.165, 1.54) is 0 Å². The number of hydrogen-bond acceptors (Lipinski definition) is 7. The first-order chi connectivity index (χ1) is 19.1. The summed E-state index contributed by atoms with van der Waals surface area (Å²) in [4.78, 5) is 34.9. The predicted octanol–water partition coefficient (Wildman–Crippen LogP) is 5.08. The quantitative estimate of drug-likeness (QED) is 0.380. The highest BCUT2D eigenvalue weighted by Crippen LogP contribution is 2.41. The third-order valence-corrected chi connectivity index (χ3v) is 7.17. The van der Waals surface area contributed by atoms with Crippen molar-refractivity contribution < 1.29 is 23.8 Å². The fourth-order valence-corrected chi connectivity index (χ4v) is 4.96. The van der Waals surface area contributed by atoms with Crippen LogP contribution in [0.3, 0.4) is 0 Å². The summed E-state index contributed by atoms with van der Waals surface area (Å²) < 4.78 is 17.6. The first-order valence-corrected chi connectivity index (χ1v) is 13.7. The molecular formula is C29H34ClN5O5. The van der Waals surface area contributed by atoms with Crippen molar-refractivity contribution in [2.24, 2.45) is 0 Å². The molecule has 2 aliphatic rings. The van der Waals surface area contributed by atoms with E-state index in [1.807, 2.05) is 52.0 Å². The molecule has 1 atom stereocenters. The Hall–Kier alpha value is -3.76. The zero-order valence-electron chi connectivity index (χ0n) is 23.1. The van der Waals surface area contributed by atoms with Crippen molar-refractivity contribution in [2.75, 3.05) is 38.2 Å². The molecule has 3 aromatic rings. The van der Waals surface area contributed by atoms with Crippen LogP contribution in [-0.2, 0) is 15.9 Å². The summed E-state index contributed by atoms with van der Waals surface area (Å²) in [6, 6.07) is 7.46. The van der Waals surface area contributed by atoms with Gasteiger partial charge in [0.15, 0.2) is 0 Å². The van der Waals surface area contributed by atoms with Gasteiger partial charge in [-0.15, -0.1) is 0 Å². The standard InChI is InChI=1S/C29H34ClN5O5/c1-17-20(30)6-5-7-21(17)33-26-24-22(9-11-32-27(24)36)34-25(26)19-8-10-31-14-23(19)39-16-18-15-35(12-13-38-18)28(37)40-29(2,3)4/h5-8,10,14,18,33-34H,9,11-13,15-16H2,1-4H3,(H,32,36)/t18-/m1/s1. The van der Waals surface area contributed by atoms with E-state index in [0.717, 1.165) is 22.5 Å². The van der Waals surface area contributed by atoms with E-state index in [9.17, 15) is 9.59 Å². The molecule has 4 heterocycles. The molecule has 0 bridgehead atoms. The molecular weight excluding hydrogens is 534 g/mol. The monoisotopic (exact) mass is 567 g/mol. The average Bonchev–Trinajstić information content (AvgIpc) is 3.29. The van der Waals surface area contributed by atoms with Crippen LogP contribution < -0.4 is 15.4 Å². The van der Waals surface area contributed by atoms with Gasteiger partial charge in [0.25, 0.3) is 5.91 Å². The molecule has 212 valence electrons. The third kappa shape index (κ3) is 6.03. The van der Waals surface area contributed by atoms with Crippen molar-refractivity contribution in [1.82, 2.24) is 20.2 Å². The van der Waals surface area contributed by atoms with E-state index >= 15 is 0 Å². The molecule has 10 nitrogen and oxygen atoms in total. The predicted molar refractivity (Wildman–Crippen MR) is 153 cm³/mol. The average molecular weight is 568 g/mol. The smallest absolute Gasteiger partial charge is 0.410 e. The zero-order chi connectivity index (χ0) is 28.4. The number of anilines is 2. The molecule has 2 amide bonds. The maximum Gasteiger partial charge on any atom is 0.410 e. The van der Waals surface area contributed by atoms with Gasteiger partial charge in [-0.05, 0) is 51.5 Å². The lowest BCUT2D eigenvalue weighted by atomic mass is 10.0. The molecule has 5 rings (SSSR count). The van der Waals surface area contributed by atoms with E-state index in [-0.39, 0.29) is 24.7 Å². The largest absolute Gasteiger partial charge is 0.488 e. The van der Waals surface area contributed by atoms with Gasteiger partial charge in [-0.1, -0.05) is 17.7 Å². The Labute approximate surface area is 238 Å². The number of H-pyrrole nitrogens is 1. The molecule has 0 saturated carbocycles. The molecule has 0 spiro atoms. The van der Waals surface area contributed by atoms with Crippen LogP contribution >= 0.6 is 11.6 Å². The second-order valence-corrected chi connectivity index (χ2v) is 11.3. The summed E-state index contributed by atoms with van der Waals surface area (Å²) in [7, 11) is 0. The number of amides is 2. The Kier molecular flexibility index (Phi) is 7.91. The number of carbonyl (C=O) groups excluding carboxylic acids is 2. The van der Waals surface area contributed by atoms with Crippen LogP contribution in [0.5, 0.6) is 5.75 Å². The van der Waals surface area contributed by atoms with Crippen molar-refractivity contribution in [3.8, 4) is 17.0 Å². The van der Waals surface area contributed by atoms with Crippen molar-refractivity contribution >= 4 is 35.0 Å². The number of ether oxygens (including phenoxy) is 3. The van der Waals surface area contributed by atoms with Crippen molar-refractivity contribution in [3.63, 3.8) is 0 Å². The SMILES string of the molecule is Cc1c(Cl)cccc1Nc1c(-c2ccncc2OC[C@H]2CN(C(=O)OC(C)(C)C)CCO2)[nH]c2c1C(=O)NCC2. The Morgan fingerprint density at radius 3 is 2.92 bits per heavy atom. The number of fused-ring (bicyclic) bond motifs is 1. The minimum Gasteiger partial charge on any atom is -0.488 e. The lowest BCUT2D eigenvalue weighted by molar-refractivity contribution is -0.0556. The molecule has 1 aromatic carbocycles. The lowest BCUT2D eigenvalue weighted by Gasteiger charge is -2.34. The van der Waals surface area contributed by atoms with E-state index < -0.39 is 5.60 Å². The Bertz CT molecular complexity index is 1420. The summed E-state index contributed by atoms with van der Waals surface area (Å²) in [6.45, 7) is 9.40. The Morgan fingerprint density at radius 1 is 1.30 bits per heavy atom. The number of nitrogens with one attached hydrogen (secondary N) is 3. The molecule has 0 aliphatic carbocycles. The topological polar surface area (TPSA) is 118 Å². The van der Waals surface area contributed by atoms with Gasteiger partial charge in [-0.25, -0.2) is 4.79 Å². The van der Waals surface area contributed by atoms with E-state index in [0.29, 0.717) is 60.4 Å². The number of carbonyl (C=O) groups is 2. The molecule has 40 heavy (non-hydrogen) atoms. The summed E-state index contributed by atoms with van der Waals surface area (Å²) in [5.41, 5.74) is 4.57. The number of aromatic amines is 1. The van der Waals surface area contributed by atoms with E-state index in [1.54, 1.807) is 17.3 Å². The van der Waals surface area contributed by atoms with Crippen LogP contribution in [0, 0.1) is 6.92 Å². The normalized spacial score (nSPS) is 17.2. The maximum atomic E-state index is 13.0. The number of rotatable bonds is 6. The first kappa shape index (κ1) is 27.8. The van der Waals surface area contributed by atoms with Crippen LogP contribution in [0.25, 0.3) is 11.3 Å². The minimum atomic E-state index is -0.576. The number of aromatic nitrogens is 2. The van der Waals surface area contributed by atoms with Gasteiger partial charge in [0, 0.05) is 47.7 Å². The third-order valence-electron chi connectivity index (χ3n) is 6.76. The zero-order valence-corrected chi connectivity index (χ0v) is 23.9. The Morgan fingerprint density at radius 2 is 2.12 bits per heavy atom. The van der Waals surface area contributed by atoms with Crippen molar-refractivity contribution in [3.05, 3.63) is 58.5 Å². The summed E-state index contributed by atoms with van der Waals surface area (Å²) >= 11 is 6.38. The summed E-state index contributed by atoms with van der Waals surface area (Å²) in [5, 5.41) is 7.02. The highest BCUT2D eigenvalue weighted by molar-refractivity contribution is 6.31. The second kappa shape index (κ2) is 11.4. The minimum absolute atomic E-state index is 0.153. The summed E-state index contributed by atoms with van der Waals surface area (Å²) in [6.07, 6.45) is 3.27. The van der Waals surface area contributed by atoms with Gasteiger partial charge in [-0.3, -0.25) is 9.78 Å². The van der Waals surface area contributed by atoms with Gasteiger partial charge < -0.3 is 34.7 Å². The van der Waals surface area contributed by atoms with Crippen LogP contribution in [0.4, 0.5) is 16.2 Å². The van der Waals surface area contributed by atoms with Crippen LogP contribution in [0.1, 0.15) is 42.4 Å². The lowest BCUT2D eigenvalue weighted by Crippen LogP contribution is -2.49. The van der Waals surface area contributed by atoms with Crippen LogP contribution in [0.2, 0.25) is 5.02 Å². The summed E-state index contributed by atoms with van der Waals surface area (Å²) in [5.74, 6) is 0.366. The van der Waals surface area contributed by atoms with Gasteiger partial charge in [0.05, 0.1) is 36.3 Å². The van der Waals surface area contributed by atoms with Gasteiger partial charge >= 0.3 is 6.09 Å². The number of pyridine rings is 1. The number of nitrogens with zero attached hydrogens (tertiary/aromatic N) is 2. The van der Waals surface area contributed by atoms with Crippen LogP contribution in [-0.4, -0.2) is 71.4 Å². The highest BCUT2D eigenvalue weighted by atomic mass is 35.5. The molecule has 0 radical (unpaired) electrons. The second-order valence-electron chi connectivity index (χ2n) is 10.9.